The summed E-state index contributed by atoms with van der Waals surface area (Å²) in [5, 5.41) is 0. The fourth-order valence-electron chi connectivity index (χ4n) is 5.35. The van der Waals surface area contributed by atoms with Crippen molar-refractivity contribution in [3.8, 4) is 0 Å². The first-order valence-electron chi connectivity index (χ1n) is 20.8. The summed E-state index contributed by atoms with van der Waals surface area (Å²) in [7, 11) is 1.14. The fraction of sp³-hybridized carbons (Fsp3) is 0.767. The van der Waals surface area contributed by atoms with E-state index in [-0.39, 0.29) is 26.1 Å². The molecular formula is C43H78NO8P. The van der Waals surface area contributed by atoms with Crippen molar-refractivity contribution >= 4 is 19.8 Å². The average molecular weight is 768 g/mol. The van der Waals surface area contributed by atoms with E-state index in [4.69, 9.17) is 18.5 Å². The van der Waals surface area contributed by atoms with E-state index < -0.39 is 32.5 Å². The van der Waals surface area contributed by atoms with Gasteiger partial charge in [0.25, 0.3) is 7.82 Å². The average Bonchev–Trinajstić information content (AvgIpc) is 3.10. The first kappa shape index (κ1) is 51.0. The summed E-state index contributed by atoms with van der Waals surface area (Å²) in [6.45, 7) is 4.07. The van der Waals surface area contributed by atoms with Crippen LogP contribution in [0.5, 0.6) is 0 Å². The van der Waals surface area contributed by atoms with E-state index >= 15 is 0 Å². The van der Waals surface area contributed by atoms with Crippen molar-refractivity contribution in [1.82, 2.24) is 0 Å². The number of nitrogens with zero attached hydrogens (tertiary/aromatic N) is 1. The van der Waals surface area contributed by atoms with Gasteiger partial charge in [-0.25, -0.2) is 0 Å². The summed E-state index contributed by atoms with van der Waals surface area (Å²) in [5.41, 5.74) is 0. The molecule has 308 valence electrons. The zero-order chi connectivity index (χ0) is 39.3. The van der Waals surface area contributed by atoms with Crippen molar-refractivity contribution < 1.29 is 42.1 Å². The lowest BCUT2D eigenvalue weighted by Crippen LogP contribution is -2.37. The third kappa shape index (κ3) is 39.5. The molecule has 0 N–H and O–H groups in total. The minimum Gasteiger partial charge on any atom is -0.756 e. The van der Waals surface area contributed by atoms with Gasteiger partial charge in [0.2, 0.25) is 0 Å². The lowest BCUT2D eigenvalue weighted by atomic mass is 10.0. The van der Waals surface area contributed by atoms with Crippen molar-refractivity contribution in [3.63, 3.8) is 0 Å². The molecule has 0 amide bonds. The number of carbonyl (C=O) groups is 2. The summed E-state index contributed by atoms with van der Waals surface area (Å²) < 4.78 is 33.8. The Bertz CT molecular complexity index is 1050. The molecule has 0 aliphatic rings. The highest BCUT2D eigenvalue weighted by atomic mass is 31.2. The van der Waals surface area contributed by atoms with Crippen LogP contribution in [0.2, 0.25) is 0 Å². The van der Waals surface area contributed by atoms with Crippen LogP contribution in [0.3, 0.4) is 0 Å². The zero-order valence-corrected chi connectivity index (χ0v) is 35.3. The van der Waals surface area contributed by atoms with E-state index in [0.29, 0.717) is 17.4 Å². The summed E-state index contributed by atoms with van der Waals surface area (Å²) in [5.74, 6) is -0.864. The van der Waals surface area contributed by atoms with Gasteiger partial charge in [-0.3, -0.25) is 14.2 Å². The Labute approximate surface area is 324 Å². The number of rotatable bonds is 37. The predicted octanol–water partition coefficient (Wildman–Crippen LogP) is 10.9. The van der Waals surface area contributed by atoms with Gasteiger partial charge in [-0.1, -0.05) is 146 Å². The topological polar surface area (TPSA) is 111 Å². The van der Waals surface area contributed by atoms with Crippen LogP contribution < -0.4 is 4.89 Å². The highest BCUT2D eigenvalue weighted by Crippen LogP contribution is 2.38. The van der Waals surface area contributed by atoms with Gasteiger partial charge in [-0.2, -0.15) is 0 Å². The van der Waals surface area contributed by atoms with E-state index in [0.717, 1.165) is 70.6 Å². The first-order valence-corrected chi connectivity index (χ1v) is 22.3. The summed E-state index contributed by atoms with van der Waals surface area (Å²) in [4.78, 5) is 37.4. The third-order valence-electron chi connectivity index (χ3n) is 8.61. The predicted molar refractivity (Wildman–Crippen MR) is 217 cm³/mol. The Morgan fingerprint density at radius 3 is 1.60 bits per heavy atom. The molecule has 0 aliphatic carbocycles. The second kappa shape index (κ2) is 35.7. The smallest absolute Gasteiger partial charge is 0.306 e. The molecule has 9 nitrogen and oxygen atoms in total. The number of hydrogen-bond acceptors (Lipinski definition) is 8. The molecule has 0 saturated carbocycles. The van der Waals surface area contributed by atoms with Crippen LogP contribution in [-0.2, 0) is 32.7 Å². The largest absolute Gasteiger partial charge is 0.756 e. The number of allylic oxidation sites excluding steroid dienone is 8. The normalized spacial score (nSPS) is 14.2. The maximum absolute atomic E-state index is 12.6. The molecule has 0 aliphatic heterocycles. The number of quaternary nitrogens is 1. The van der Waals surface area contributed by atoms with Gasteiger partial charge in [0, 0.05) is 12.8 Å². The van der Waals surface area contributed by atoms with Crippen molar-refractivity contribution in [2.24, 2.45) is 0 Å². The lowest BCUT2D eigenvalue weighted by molar-refractivity contribution is -0.870. The number of phosphoric ester groups is 1. The van der Waals surface area contributed by atoms with E-state index in [1.807, 2.05) is 21.1 Å². The molecule has 2 atom stereocenters. The molecule has 0 heterocycles. The number of hydrogen-bond donors (Lipinski definition) is 0. The molecule has 53 heavy (non-hydrogen) atoms. The summed E-state index contributed by atoms with van der Waals surface area (Å²) in [6, 6.07) is 0. The van der Waals surface area contributed by atoms with Crippen molar-refractivity contribution in [2.45, 2.75) is 168 Å². The second-order valence-electron chi connectivity index (χ2n) is 15.0. The minimum atomic E-state index is -4.63. The van der Waals surface area contributed by atoms with Gasteiger partial charge >= 0.3 is 11.9 Å². The summed E-state index contributed by atoms with van der Waals surface area (Å²) >= 11 is 0. The molecule has 0 saturated heterocycles. The number of carbonyl (C=O) groups excluding carboxylic acids is 2. The van der Waals surface area contributed by atoms with Gasteiger partial charge in [0.1, 0.15) is 19.8 Å². The van der Waals surface area contributed by atoms with Crippen LogP contribution in [0, 0.1) is 0 Å². The van der Waals surface area contributed by atoms with E-state index in [2.05, 4.69) is 62.5 Å². The van der Waals surface area contributed by atoms with Crippen molar-refractivity contribution in [1.29, 1.82) is 0 Å². The standard InChI is InChI=1S/C43H78NO8P/c1-6-8-10-12-14-16-18-20-21-22-23-24-26-28-30-32-34-36-43(46)52-41(40-51-53(47,48)50-38-37-44(3,4)5)39-49-42(45)35-33-31-29-27-25-19-17-15-13-11-9-7-2/h8,10,14,16,20-21,23-24,41H,6-7,9,11-13,15,17-19,22,25-40H2,1-5H3/b10-8-,16-14-,21-20-,24-23-. The number of esters is 2. The highest BCUT2D eigenvalue weighted by molar-refractivity contribution is 7.45. The van der Waals surface area contributed by atoms with Crippen LogP contribution in [0.4, 0.5) is 0 Å². The van der Waals surface area contributed by atoms with E-state index in [1.165, 1.54) is 57.8 Å². The molecule has 0 rings (SSSR count). The number of ether oxygens (including phenoxy) is 2. The Hall–Kier alpha value is -2.03. The van der Waals surface area contributed by atoms with Gasteiger partial charge < -0.3 is 27.9 Å². The van der Waals surface area contributed by atoms with Crippen LogP contribution in [-0.4, -0.2) is 70.0 Å². The van der Waals surface area contributed by atoms with Crippen molar-refractivity contribution in [3.05, 3.63) is 48.6 Å². The molecule has 0 aromatic carbocycles. The van der Waals surface area contributed by atoms with Crippen LogP contribution >= 0.6 is 7.82 Å². The molecule has 2 unspecified atom stereocenters. The van der Waals surface area contributed by atoms with Gasteiger partial charge in [-0.05, 0) is 51.4 Å². The second-order valence-corrected chi connectivity index (χ2v) is 16.4. The highest BCUT2D eigenvalue weighted by Gasteiger charge is 2.21. The van der Waals surface area contributed by atoms with Gasteiger partial charge in [0.05, 0.1) is 27.7 Å². The Kier molecular flexibility index (Phi) is 34.3. The number of unbranched alkanes of at least 4 members (excludes halogenated alkanes) is 15. The molecule has 0 bridgehead atoms. The molecule has 0 aromatic rings. The Morgan fingerprint density at radius 2 is 1.08 bits per heavy atom. The first-order chi connectivity index (χ1) is 25.5. The molecule has 0 aromatic heterocycles. The molecule has 0 radical (unpaired) electrons. The fourth-order valence-corrected chi connectivity index (χ4v) is 6.08. The van der Waals surface area contributed by atoms with Gasteiger partial charge in [-0.15, -0.1) is 0 Å². The van der Waals surface area contributed by atoms with Crippen LogP contribution in [0.25, 0.3) is 0 Å². The third-order valence-corrected chi connectivity index (χ3v) is 9.58. The number of likely N-dealkylation sites (N-methyl/N-ethyl adjacent to an activating group) is 1. The zero-order valence-electron chi connectivity index (χ0n) is 34.4. The molecule has 0 spiro atoms. The molecule has 10 heteroatoms. The Morgan fingerprint density at radius 1 is 0.604 bits per heavy atom. The molecular weight excluding hydrogens is 689 g/mol. The van der Waals surface area contributed by atoms with E-state index in [1.54, 1.807) is 0 Å². The number of phosphoric acid groups is 1. The SMILES string of the molecule is CC/C=C\C/C=C\C/C=C\C/C=C\CCCCCCC(=O)OC(COC(=O)CCCCCCCCCCCCCC)COP(=O)([O-])OCC[N+](C)(C)C. The summed E-state index contributed by atoms with van der Waals surface area (Å²) in [6.07, 6.45) is 39.9. The molecule has 0 fully saturated rings. The lowest BCUT2D eigenvalue weighted by Gasteiger charge is -2.28. The quantitative estimate of drug-likeness (QED) is 0.0202. The van der Waals surface area contributed by atoms with E-state index in [9.17, 15) is 19.0 Å². The maximum atomic E-state index is 12.6. The van der Waals surface area contributed by atoms with Crippen molar-refractivity contribution in [2.75, 3.05) is 47.5 Å². The minimum absolute atomic E-state index is 0.0367. The van der Waals surface area contributed by atoms with Crippen LogP contribution in [0.15, 0.2) is 48.6 Å². The van der Waals surface area contributed by atoms with Crippen LogP contribution in [0.1, 0.15) is 162 Å². The van der Waals surface area contributed by atoms with Gasteiger partial charge in [0.15, 0.2) is 6.10 Å². The maximum Gasteiger partial charge on any atom is 0.306 e. The monoisotopic (exact) mass is 768 g/mol. The Balaban J connectivity index is 4.44.